The fourth-order valence-electron chi connectivity index (χ4n) is 2.88. The molecule has 1 saturated carbocycles. The molecule has 3 aromatic rings. The Morgan fingerprint density at radius 3 is 2.61 bits per heavy atom. The first-order chi connectivity index (χ1) is 13.2. The van der Waals surface area contributed by atoms with Gasteiger partial charge in [-0.3, -0.25) is 9.89 Å². The van der Waals surface area contributed by atoms with Gasteiger partial charge in [-0.1, -0.05) is 0 Å². The van der Waals surface area contributed by atoms with Crippen LogP contribution in [0.2, 0.25) is 0 Å². The van der Waals surface area contributed by atoms with E-state index in [-0.39, 0.29) is 23.6 Å². The first-order valence-electron chi connectivity index (χ1n) is 8.48. The molecule has 0 saturated heterocycles. The van der Waals surface area contributed by atoms with Gasteiger partial charge in [-0.05, 0) is 19.1 Å². The van der Waals surface area contributed by atoms with E-state index in [0.29, 0.717) is 5.56 Å². The van der Waals surface area contributed by atoms with Gasteiger partial charge in [0.2, 0.25) is 5.91 Å². The van der Waals surface area contributed by atoms with Gasteiger partial charge >= 0.3 is 0 Å². The topological polar surface area (TPSA) is 75.6 Å². The molecular weight excluding hydrogens is 378 g/mol. The quantitative estimate of drug-likeness (QED) is 0.649. The molecule has 1 aromatic carbocycles. The van der Waals surface area contributed by atoms with Crippen molar-refractivity contribution in [2.75, 3.05) is 5.32 Å². The van der Waals surface area contributed by atoms with Crippen LogP contribution in [0.5, 0.6) is 0 Å². The molecule has 2 atom stereocenters. The lowest BCUT2D eigenvalue weighted by Gasteiger charge is -2.08. The Balaban J connectivity index is 1.45. The second kappa shape index (κ2) is 6.47. The summed E-state index contributed by atoms with van der Waals surface area (Å²) < 4.78 is 54.2. The first kappa shape index (κ1) is 18.2. The Labute approximate surface area is 156 Å². The lowest BCUT2D eigenvalue weighted by molar-refractivity contribution is -0.117. The van der Waals surface area contributed by atoms with Crippen LogP contribution in [-0.4, -0.2) is 31.8 Å². The van der Waals surface area contributed by atoms with Crippen LogP contribution in [0.15, 0.2) is 36.7 Å². The first-order valence-corrected chi connectivity index (χ1v) is 8.48. The van der Waals surface area contributed by atoms with Gasteiger partial charge in [0, 0.05) is 30.3 Å². The Morgan fingerprint density at radius 2 is 1.96 bits per heavy atom. The van der Waals surface area contributed by atoms with Crippen LogP contribution < -0.4 is 5.32 Å². The highest BCUT2D eigenvalue weighted by Crippen LogP contribution is 2.55. The van der Waals surface area contributed by atoms with Crippen molar-refractivity contribution in [3.8, 4) is 5.69 Å². The summed E-state index contributed by atoms with van der Waals surface area (Å²) in [5.74, 6) is -5.99. The van der Waals surface area contributed by atoms with E-state index in [2.05, 4.69) is 20.6 Å². The maximum atomic E-state index is 13.4. The van der Waals surface area contributed by atoms with E-state index in [4.69, 9.17) is 0 Å². The van der Waals surface area contributed by atoms with Gasteiger partial charge in [0.15, 0.2) is 0 Å². The molecule has 1 aliphatic carbocycles. The molecule has 6 nitrogen and oxygen atoms in total. The predicted molar refractivity (Wildman–Crippen MR) is 91.4 cm³/mol. The van der Waals surface area contributed by atoms with Crippen LogP contribution in [-0.2, 0) is 4.79 Å². The van der Waals surface area contributed by atoms with Crippen molar-refractivity contribution in [3.05, 3.63) is 59.6 Å². The zero-order chi connectivity index (χ0) is 20.1. The van der Waals surface area contributed by atoms with Gasteiger partial charge in [-0.15, -0.1) is 0 Å². The molecule has 2 heterocycles. The summed E-state index contributed by atoms with van der Waals surface area (Å²) in [5, 5.41) is 12.9. The predicted octanol–water partition coefficient (Wildman–Crippen LogP) is 3.74. The third-order valence-electron chi connectivity index (χ3n) is 4.65. The van der Waals surface area contributed by atoms with E-state index in [0.717, 1.165) is 18.2 Å². The SMILES string of the molecule is CC(C(=O)Nc1cc([C@@H]2CC2(F)F)n[nH]1)c1cnn(-c2cc(F)cc(F)c2)c1. The molecule has 1 unspecified atom stereocenters. The molecule has 146 valence electrons. The van der Waals surface area contributed by atoms with E-state index in [9.17, 15) is 22.4 Å². The molecule has 0 aliphatic heterocycles. The van der Waals surface area contributed by atoms with E-state index in [1.807, 2.05) is 0 Å². The van der Waals surface area contributed by atoms with Gasteiger partial charge in [0.25, 0.3) is 5.92 Å². The summed E-state index contributed by atoms with van der Waals surface area (Å²) in [7, 11) is 0. The van der Waals surface area contributed by atoms with Gasteiger partial charge in [0.05, 0.1) is 29.4 Å². The number of nitrogens with zero attached hydrogens (tertiary/aromatic N) is 3. The molecule has 4 rings (SSSR count). The molecule has 0 bridgehead atoms. The highest BCUT2D eigenvalue weighted by Gasteiger charge is 2.58. The smallest absolute Gasteiger partial charge is 0.257 e. The zero-order valence-corrected chi connectivity index (χ0v) is 14.6. The number of hydrogen-bond acceptors (Lipinski definition) is 3. The summed E-state index contributed by atoms with van der Waals surface area (Å²) in [6.07, 6.45) is 2.65. The van der Waals surface area contributed by atoms with Crippen LogP contribution in [0.3, 0.4) is 0 Å². The maximum absolute atomic E-state index is 13.4. The molecule has 0 spiro atoms. The van der Waals surface area contributed by atoms with Crippen molar-refractivity contribution >= 4 is 11.7 Å². The van der Waals surface area contributed by atoms with Crippen LogP contribution in [0.1, 0.15) is 36.4 Å². The monoisotopic (exact) mass is 393 g/mol. The Kier molecular flexibility index (Phi) is 4.20. The molecule has 1 fully saturated rings. The molecule has 0 radical (unpaired) electrons. The minimum atomic E-state index is -2.74. The van der Waals surface area contributed by atoms with Gasteiger partial charge < -0.3 is 5.32 Å². The summed E-state index contributed by atoms with van der Waals surface area (Å²) in [5.41, 5.74) is 0.893. The number of aromatic nitrogens is 4. The van der Waals surface area contributed by atoms with Crippen molar-refractivity contribution in [2.45, 2.75) is 31.1 Å². The maximum Gasteiger partial charge on any atom is 0.257 e. The van der Waals surface area contributed by atoms with E-state index in [1.165, 1.54) is 23.1 Å². The van der Waals surface area contributed by atoms with Crippen molar-refractivity contribution < 1.29 is 22.4 Å². The average Bonchev–Trinajstić information content (AvgIpc) is 3.01. The standard InChI is InChI=1S/C18H15F4N5O/c1-9(10-7-23-27(8-10)13-3-11(19)2-12(20)4-13)17(28)24-16-5-15(25-26-16)14-6-18(14,21)22/h2-5,7-9,14H,6H2,1H3,(H2,24,25,26,28)/t9?,14-/m0/s1. The second-order valence-electron chi connectivity index (χ2n) is 6.78. The normalized spacial score (nSPS) is 18.7. The number of rotatable bonds is 5. The number of hydrogen-bond donors (Lipinski definition) is 2. The van der Waals surface area contributed by atoms with Crippen molar-refractivity contribution in [1.29, 1.82) is 0 Å². The number of alkyl halides is 2. The summed E-state index contributed by atoms with van der Waals surface area (Å²) in [4.78, 5) is 12.4. The van der Waals surface area contributed by atoms with Crippen molar-refractivity contribution in [1.82, 2.24) is 20.0 Å². The number of anilines is 1. The molecule has 1 amide bonds. The molecule has 2 N–H and O–H groups in total. The fourth-order valence-corrected chi connectivity index (χ4v) is 2.88. The third-order valence-corrected chi connectivity index (χ3v) is 4.65. The summed E-state index contributed by atoms with van der Waals surface area (Å²) >= 11 is 0. The minimum absolute atomic E-state index is 0.180. The number of benzene rings is 1. The van der Waals surface area contributed by atoms with E-state index >= 15 is 0 Å². The second-order valence-corrected chi connectivity index (χ2v) is 6.78. The molecule has 1 aliphatic rings. The highest BCUT2D eigenvalue weighted by atomic mass is 19.3. The minimum Gasteiger partial charge on any atom is -0.311 e. The number of aromatic amines is 1. The van der Waals surface area contributed by atoms with Crippen LogP contribution >= 0.6 is 0 Å². The summed E-state index contributed by atoms with van der Waals surface area (Å²) in [6, 6.07) is 4.37. The Morgan fingerprint density at radius 1 is 1.29 bits per heavy atom. The van der Waals surface area contributed by atoms with Crippen LogP contribution in [0.4, 0.5) is 23.4 Å². The molecule has 2 aromatic heterocycles. The molecule has 28 heavy (non-hydrogen) atoms. The average molecular weight is 393 g/mol. The third kappa shape index (κ3) is 3.49. The van der Waals surface area contributed by atoms with Crippen LogP contribution in [0, 0.1) is 11.6 Å². The largest absolute Gasteiger partial charge is 0.311 e. The number of halogens is 4. The number of carbonyl (C=O) groups is 1. The van der Waals surface area contributed by atoms with Crippen molar-refractivity contribution in [3.63, 3.8) is 0 Å². The number of carbonyl (C=O) groups excluding carboxylic acids is 1. The van der Waals surface area contributed by atoms with Gasteiger partial charge in [-0.25, -0.2) is 22.2 Å². The van der Waals surface area contributed by atoms with Crippen molar-refractivity contribution in [2.24, 2.45) is 0 Å². The van der Waals surface area contributed by atoms with Gasteiger partial charge in [-0.2, -0.15) is 10.2 Å². The lowest BCUT2D eigenvalue weighted by Crippen LogP contribution is -2.18. The lowest BCUT2D eigenvalue weighted by atomic mass is 10.0. The van der Waals surface area contributed by atoms with Gasteiger partial charge in [0.1, 0.15) is 17.5 Å². The number of amides is 1. The van der Waals surface area contributed by atoms with E-state index in [1.54, 1.807) is 6.92 Å². The molecular formula is C18H15F4N5O. The molecule has 10 heteroatoms. The zero-order valence-electron chi connectivity index (χ0n) is 14.6. The highest BCUT2D eigenvalue weighted by molar-refractivity contribution is 5.94. The van der Waals surface area contributed by atoms with E-state index < -0.39 is 35.3 Å². The summed E-state index contributed by atoms with van der Waals surface area (Å²) in [6.45, 7) is 1.62. The van der Waals surface area contributed by atoms with Crippen LogP contribution in [0.25, 0.3) is 5.69 Å². The Bertz CT molecular complexity index is 1020. The Hall–Kier alpha value is -3.17. The fraction of sp³-hybridized carbons (Fsp3) is 0.278. The number of H-pyrrole nitrogens is 1. The number of nitrogens with one attached hydrogen (secondary N) is 2.